The van der Waals surface area contributed by atoms with Crippen LogP contribution in [0.25, 0.3) is 0 Å². The fourth-order valence-electron chi connectivity index (χ4n) is 3.30. The number of carbonyl (C=O) groups is 1. The Labute approximate surface area is 215 Å². The van der Waals surface area contributed by atoms with E-state index in [1.165, 1.54) is 0 Å². The molecule has 0 aliphatic carbocycles. The van der Waals surface area contributed by atoms with E-state index in [9.17, 15) is 9.90 Å². The lowest BCUT2D eigenvalue weighted by Gasteiger charge is -2.20. The second kappa shape index (κ2) is 10.9. The van der Waals surface area contributed by atoms with Gasteiger partial charge in [0.05, 0.1) is 10.6 Å². The van der Waals surface area contributed by atoms with Crippen LogP contribution in [0, 0.1) is 0 Å². The molecule has 0 heterocycles. The standard InChI is InChI=1S/C22H18B2Br2ClNO3S/c23-9-13-19(25)17(16(22(29)30)18(24)20(13)26)21(32)28-12-6-7-15(14(27)8-12)31-10-11-4-2-1-3-5-11/h1-8H,9-10,23-24H2,(H,28,32)(H,29,30). The summed E-state index contributed by atoms with van der Waals surface area (Å²) in [5.41, 5.74) is 3.83. The Morgan fingerprint density at radius 3 is 2.41 bits per heavy atom. The highest BCUT2D eigenvalue weighted by Gasteiger charge is 2.25. The molecule has 0 aliphatic heterocycles. The fourth-order valence-corrected chi connectivity index (χ4v) is 5.80. The van der Waals surface area contributed by atoms with Crippen LogP contribution in [-0.2, 0) is 12.9 Å². The van der Waals surface area contributed by atoms with Crippen molar-refractivity contribution in [2.45, 2.75) is 12.9 Å². The minimum atomic E-state index is -1.05. The van der Waals surface area contributed by atoms with E-state index in [4.69, 9.17) is 28.6 Å². The number of hydrogen-bond donors (Lipinski definition) is 2. The lowest BCUT2D eigenvalue weighted by atomic mass is 9.82. The molecular formula is C22H18B2Br2ClNO3S. The van der Waals surface area contributed by atoms with E-state index in [0.717, 1.165) is 15.6 Å². The van der Waals surface area contributed by atoms with Gasteiger partial charge in [-0.1, -0.05) is 81.9 Å². The Hall–Kier alpha value is -1.80. The van der Waals surface area contributed by atoms with Gasteiger partial charge in [-0.2, -0.15) is 0 Å². The molecule has 0 aliphatic rings. The normalized spacial score (nSPS) is 10.6. The van der Waals surface area contributed by atoms with Crippen LogP contribution in [0.3, 0.4) is 0 Å². The monoisotopic (exact) mass is 591 g/mol. The van der Waals surface area contributed by atoms with E-state index < -0.39 is 5.97 Å². The first-order valence-electron chi connectivity index (χ1n) is 9.75. The molecule has 0 unspecified atom stereocenters. The van der Waals surface area contributed by atoms with Crippen molar-refractivity contribution in [1.29, 1.82) is 0 Å². The maximum atomic E-state index is 12.0. The average molecular weight is 593 g/mol. The highest BCUT2D eigenvalue weighted by Crippen LogP contribution is 2.33. The van der Waals surface area contributed by atoms with Gasteiger partial charge in [-0.05, 0) is 45.3 Å². The van der Waals surface area contributed by atoms with Crippen molar-refractivity contribution in [1.82, 2.24) is 0 Å². The summed E-state index contributed by atoms with van der Waals surface area (Å²) in [4.78, 5) is 12.3. The molecule has 4 nitrogen and oxygen atoms in total. The zero-order valence-electron chi connectivity index (χ0n) is 17.3. The molecule has 3 aromatic rings. The number of ether oxygens (including phenoxy) is 1. The van der Waals surface area contributed by atoms with Gasteiger partial charge in [0.1, 0.15) is 33.0 Å². The van der Waals surface area contributed by atoms with Crippen LogP contribution >= 0.6 is 55.7 Å². The summed E-state index contributed by atoms with van der Waals surface area (Å²) in [5, 5.41) is 13.4. The summed E-state index contributed by atoms with van der Waals surface area (Å²) < 4.78 is 7.23. The summed E-state index contributed by atoms with van der Waals surface area (Å²) in [7, 11) is 3.76. The molecule has 0 aromatic heterocycles. The molecule has 0 atom stereocenters. The minimum absolute atomic E-state index is 0.146. The van der Waals surface area contributed by atoms with Gasteiger partial charge in [-0.3, -0.25) is 0 Å². The van der Waals surface area contributed by atoms with Crippen LogP contribution in [0.15, 0.2) is 57.5 Å². The van der Waals surface area contributed by atoms with Crippen LogP contribution in [0.5, 0.6) is 5.75 Å². The van der Waals surface area contributed by atoms with Gasteiger partial charge in [-0.25, -0.2) is 4.79 Å². The Morgan fingerprint density at radius 1 is 1.12 bits per heavy atom. The van der Waals surface area contributed by atoms with Gasteiger partial charge >= 0.3 is 5.97 Å². The first-order chi connectivity index (χ1) is 15.2. The quantitative estimate of drug-likeness (QED) is 0.316. The first-order valence-corrected chi connectivity index (χ1v) is 12.1. The van der Waals surface area contributed by atoms with Crippen molar-refractivity contribution in [3.8, 4) is 5.75 Å². The molecule has 0 amide bonds. The molecule has 3 aromatic carbocycles. The third-order valence-electron chi connectivity index (χ3n) is 4.93. The lowest BCUT2D eigenvalue weighted by Crippen LogP contribution is -2.27. The van der Waals surface area contributed by atoms with Gasteiger partial charge in [-0.15, -0.1) is 0 Å². The number of thiocarbonyl (C=S) groups is 1. The van der Waals surface area contributed by atoms with Crippen molar-refractivity contribution in [2.75, 3.05) is 5.32 Å². The van der Waals surface area contributed by atoms with Crippen molar-refractivity contribution >= 4 is 93.5 Å². The highest BCUT2D eigenvalue weighted by molar-refractivity contribution is 9.11. The predicted molar refractivity (Wildman–Crippen MR) is 147 cm³/mol. The molecule has 0 fully saturated rings. The van der Waals surface area contributed by atoms with Gasteiger partial charge < -0.3 is 15.2 Å². The number of nitrogens with one attached hydrogen (secondary N) is 1. The van der Waals surface area contributed by atoms with E-state index in [-0.39, 0.29) is 10.6 Å². The Morgan fingerprint density at radius 2 is 1.81 bits per heavy atom. The minimum Gasteiger partial charge on any atom is -0.487 e. The zero-order valence-corrected chi connectivity index (χ0v) is 22.1. The van der Waals surface area contributed by atoms with Crippen molar-refractivity contribution in [3.05, 3.63) is 84.8 Å². The molecule has 0 bridgehead atoms. The molecular weight excluding hydrogens is 575 g/mol. The number of anilines is 1. The predicted octanol–water partition coefficient (Wildman–Crippen LogP) is 4.32. The molecule has 2 N–H and O–H groups in total. The maximum absolute atomic E-state index is 12.0. The van der Waals surface area contributed by atoms with Crippen molar-refractivity contribution in [2.24, 2.45) is 0 Å². The van der Waals surface area contributed by atoms with Gasteiger partial charge in [0, 0.05) is 20.2 Å². The lowest BCUT2D eigenvalue weighted by molar-refractivity contribution is 0.0698. The second-order valence-electron chi connectivity index (χ2n) is 7.01. The molecule has 32 heavy (non-hydrogen) atoms. The average Bonchev–Trinajstić information content (AvgIpc) is 2.76. The molecule has 0 radical (unpaired) electrons. The maximum Gasteiger partial charge on any atom is 0.335 e. The zero-order chi connectivity index (χ0) is 23.4. The van der Waals surface area contributed by atoms with Gasteiger partial charge in [0.15, 0.2) is 0 Å². The van der Waals surface area contributed by atoms with Crippen molar-refractivity contribution < 1.29 is 14.6 Å². The molecule has 0 spiro atoms. The number of hydrogen-bond acceptors (Lipinski definition) is 3. The summed E-state index contributed by atoms with van der Waals surface area (Å²) in [6.07, 6.45) is 0.705. The van der Waals surface area contributed by atoms with Gasteiger partial charge in [0.25, 0.3) is 0 Å². The number of rotatable bonds is 7. The van der Waals surface area contributed by atoms with Crippen LogP contribution in [0.2, 0.25) is 5.02 Å². The molecule has 162 valence electrons. The topological polar surface area (TPSA) is 58.6 Å². The third kappa shape index (κ3) is 5.39. The Balaban J connectivity index is 1.87. The SMILES string of the molecule is BCc1c(Br)c(B)c(C(=O)O)c(C(=S)Nc2ccc(OCc3ccccc3)c(Cl)c2)c1Br. The summed E-state index contributed by atoms with van der Waals surface area (Å²) >= 11 is 19.1. The van der Waals surface area contributed by atoms with E-state index >= 15 is 0 Å². The Bertz CT molecular complexity index is 1200. The third-order valence-corrected chi connectivity index (χ3v) is 7.48. The van der Waals surface area contributed by atoms with Crippen LogP contribution < -0.4 is 15.5 Å². The van der Waals surface area contributed by atoms with E-state index in [1.54, 1.807) is 26.0 Å². The number of carboxylic acids is 1. The van der Waals surface area contributed by atoms with Gasteiger partial charge in [0.2, 0.25) is 0 Å². The van der Waals surface area contributed by atoms with Crippen molar-refractivity contribution in [3.63, 3.8) is 0 Å². The molecule has 0 saturated heterocycles. The largest absolute Gasteiger partial charge is 0.487 e. The van der Waals surface area contributed by atoms with Crippen LogP contribution in [0.4, 0.5) is 5.69 Å². The Kier molecular flexibility index (Phi) is 8.44. The van der Waals surface area contributed by atoms with E-state index in [0.29, 0.717) is 44.9 Å². The fraction of sp³-hybridized carbons (Fsp3) is 0.0909. The molecule has 0 saturated carbocycles. The van der Waals surface area contributed by atoms with E-state index in [2.05, 4.69) is 37.2 Å². The number of carboxylic acid groups (broad SMARTS) is 1. The first kappa shape index (κ1) is 24.8. The van der Waals surface area contributed by atoms with Crippen LogP contribution in [0.1, 0.15) is 27.0 Å². The molecule has 3 rings (SSSR count). The summed E-state index contributed by atoms with van der Waals surface area (Å²) in [6, 6.07) is 15.1. The highest BCUT2D eigenvalue weighted by atomic mass is 79.9. The second-order valence-corrected chi connectivity index (χ2v) is 9.42. The summed E-state index contributed by atoms with van der Waals surface area (Å²) in [5.74, 6) is -0.499. The summed E-state index contributed by atoms with van der Waals surface area (Å²) in [6.45, 7) is 0.401. The smallest absolute Gasteiger partial charge is 0.335 e. The van der Waals surface area contributed by atoms with E-state index in [1.807, 2.05) is 38.2 Å². The molecule has 10 heteroatoms. The number of aromatic carboxylic acids is 1. The van der Waals surface area contributed by atoms with Crippen LogP contribution in [-0.4, -0.2) is 31.8 Å². The number of benzene rings is 3. The number of halogens is 3.